The fourth-order valence-corrected chi connectivity index (χ4v) is 2.58. The Bertz CT molecular complexity index is 357. The van der Waals surface area contributed by atoms with E-state index in [1.807, 2.05) is 0 Å². The zero-order valence-electron chi connectivity index (χ0n) is 9.83. The Kier molecular flexibility index (Phi) is 4.34. The van der Waals surface area contributed by atoms with Gasteiger partial charge in [0.05, 0.1) is 0 Å². The molecule has 0 aliphatic heterocycles. The summed E-state index contributed by atoms with van der Waals surface area (Å²) in [4.78, 5) is 4.44. The SMILES string of the molecule is CCCc1nsc(NCCC2=CCCC2)n1. The lowest BCUT2D eigenvalue weighted by Gasteiger charge is -2.02. The number of nitrogens with one attached hydrogen (secondary N) is 1. The van der Waals surface area contributed by atoms with Crippen molar-refractivity contribution in [2.24, 2.45) is 0 Å². The van der Waals surface area contributed by atoms with Crippen LogP contribution in [0.4, 0.5) is 5.13 Å². The van der Waals surface area contributed by atoms with Crippen LogP contribution < -0.4 is 5.32 Å². The van der Waals surface area contributed by atoms with E-state index in [0.29, 0.717) is 0 Å². The highest BCUT2D eigenvalue weighted by Gasteiger charge is 2.05. The summed E-state index contributed by atoms with van der Waals surface area (Å²) in [5.41, 5.74) is 1.60. The molecule has 88 valence electrons. The van der Waals surface area contributed by atoms with Gasteiger partial charge in [-0.2, -0.15) is 4.37 Å². The molecule has 1 heterocycles. The summed E-state index contributed by atoms with van der Waals surface area (Å²) in [6, 6.07) is 0. The van der Waals surface area contributed by atoms with Crippen LogP contribution in [0.1, 0.15) is 44.9 Å². The van der Waals surface area contributed by atoms with Crippen molar-refractivity contribution in [1.29, 1.82) is 0 Å². The molecular weight excluding hydrogens is 218 g/mol. The van der Waals surface area contributed by atoms with Gasteiger partial charge in [0, 0.05) is 24.5 Å². The molecule has 16 heavy (non-hydrogen) atoms. The second-order valence-corrected chi connectivity index (χ2v) is 4.95. The van der Waals surface area contributed by atoms with Crippen LogP contribution in [-0.4, -0.2) is 15.9 Å². The first-order valence-electron chi connectivity index (χ1n) is 6.13. The molecular formula is C12H19N3S. The van der Waals surface area contributed by atoms with Gasteiger partial charge in [-0.15, -0.1) is 0 Å². The number of rotatable bonds is 6. The molecule has 0 bridgehead atoms. The van der Waals surface area contributed by atoms with E-state index in [4.69, 9.17) is 0 Å². The number of anilines is 1. The van der Waals surface area contributed by atoms with Crippen molar-refractivity contribution < 1.29 is 0 Å². The zero-order valence-corrected chi connectivity index (χ0v) is 10.6. The summed E-state index contributed by atoms with van der Waals surface area (Å²) in [6.07, 6.45) is 9.54. The molecule has 0 radical (unpaired) electrons. The lowest BCUT2D eigenvalue weighted by atomic mass is 10.2. The number of allylic oxidation sites excluding steroid dienone is 1. The molecule has 1 aromatic heterocycles. The van der Waals surface area contributed by atoms with Crippen molar-refractivity contribution in [1.82, 2.24) is 9.36 Å². The summed E-state index contributed by atoms with van der Waals surface area (Å²) < 4.78 is 4.31. The Balaban J connectivity index is 1.71. The first-order chi connectivity index (χ1) is 7.88. The van der Waals surface area contributed by atoms with Crippen molar-refractivity contribution in [2.75, 3.05) is 11.9 Å². The number of hydrogen-bond acceptors (Lipinski definition) is 4. The number of aryl methyl sites for hydroxylation is 1. The van der Waals surface area contributed by atoms with Gasteiger partial charge >= 0.3 is 0 Å². The van der Waals surface area contributed by atoms with Crippen LogP contribution in [0.2, 0.25) is 0 Å². The summed E-state index contributed by atoms with van der Waals surface area (Å²) in [5, 5.41) is 4.33. The van der Waals surface area contributed by atoms with Crippen molar-refractivity contribution in [2.45, 2.75) is 45.4 Å². The summed E-state index contributed by atoms with van der Waals surface area (Å²) in [6.45, 7) is 3.15. The molecule has 1 aliphatic rings. The van der Waals surface area contributed by atoms with E-state index < -0.39 is 0 Å². The van der Waals surface area contributed by atoms with E-state index in [9.17, 15) is 0 Å². The van der Waals surface area contributed by atoms with Gasteiger partial charge in [-0.25, -0.2) is 4.98 Å². The highest BCUT2D eigenvalue weighted by atomic mass is 32.1. The molecule has 1 aliphatic carbocycles. The Labute approximate surface area is 101 Å². The van der Waals surface area contributed by atoms with E-state index in [2.05, 4.69) is 27.7 Å². The van der Waals surface area contributed by atoms with Gasteiger partial charge in [-0.1, -0.05) is 18.6 Å². The maximum Gasteiger partial charge on any atom is 0.202 e. The summed E-state index contributed by atoms with van der Waals surface area (Å²) in [5.74, 6) is 0.982. The third-order valence-corrected chi connectivity index (χ3v) is 3.51. The molecule has 0 saturated heterocycles. The Morgan fingerprint density at radius 2 is 2.38 bits per heavy atom. The van der Waals surface area contributed by atoms with E-state index >= 15 is 0 Å². The lowest BCUT2D eigenvalue weighted by Crippen LogP contribution is -2.02. The predicted octanol–water partition coefficient (Wildman–Crippen LogP) is 3.40. The predicted molar refractivity (Wildman–Crippen MR) is 68.9 cm³/mol. The van der Waals surface area contributed by atoms with Gasteiger partial charge in [0.2, 0.25) is 5.13 Å². The minimum absolute atomic E-state index is 0.974. The maximum atomic E-state index is 4.44. The van der Waals surface area contributed by atoms with E-state index in [0.717, 1.165) is 36.8 Å². The van der Waals surface area contributed by atoms with Crippen LogP contribution in [0.25, 0.3) is 0 Å². The third-order valence-electron chi connectivity index (χ3n) is 2.80. The molecule has 4 heteroatoms. The molecule has 3 nitrogen and oxygen atoms in total. The largest absolute Gasteiger partial charge is 0.360 e. The first kappa shape index (κ1) is 11.6. The molecule has 0 saturated carbocycles. The maximum absolute atomic E-state index is 4.44. The van der Waals surface area contributed by atoms with Crippen LogP contribution in [0, 0.1) is 0 Å². The van der Waals surface area contributed by atoms with Gasteiger partial charge < -0.3 is 5.32 Å². The van der Waals surface area contributed by atoms with Crippen LogP contribution in [0.5, 0.6) is 0 Å². The van der Waals surface area contributed by atoms with Gasteiger partial charge in [0.15, 0.2) is 0 Å². The zero-order chi connectivity index (χ0) is 11.2. The van der Waals surface area contributed by atoms with E-state index in [1.54, 1.807) is 5.57 Å². The van der Waals surface area contributed by atoms with Crippen molar-refractivity contribution in [3.8, 4) is 0 Å². The quantitative estimate of drug-likeness (QED) is 0.771. The second kappa shape index (κ2) is 5.99. The van der Waals surface area contributed by atoms with E-state index in [-0.39, 0.29) is 0 Å². The molecule has 0 aromatic carbocycles. The molecule has 1 aromatic rings. The number of nitrogens with zero attached hydrogens (tertiary/aromatic N) is 2. The monoisotopic (exact) mass is 237 g/mol. The number of aromatic nitrogens is 2. The summed E-state index contributed by atoms with van der Waals surface area (Å²) >= 11 is 1.48. The van der Waals surface area contributed by atoms with Gasteiger partial charge in [-0.05, 0) is 32.1 Å². The molecule has 1 N–H and O–H groups in total. The molecule has 2 rings (SSSR count). The van der Waals surface area contributed by atoms with Gasteiger partial charge in [0.1, 0.15) is 5.82 Å². The average molecular weight is 237 g/mol. The van der Waals surface area contributed by atoms with Crippen LogP contribution in [0.3, 0.4) is 0 Å². The highest BCUT2D eigenvalue weighted by molar-refractivity contribution is 7.09. The molecule has 0 unspecified atom stereocenters. The Morgan fingerprint density at radius 1 is 1.44 bits per heavy atom. The van der Waals surface area contributed by atoms with Crippen LogP contribution in [0.15, 0.2) is 11.6 Å². The van der Waals surface area contributed by atoms with Crippen molar-refractivity contribution in [3.63, 3.8) is 0 Å². The average Bonchev–Trinajstić information content (AvgIpc) is 2.90. The summed E-state index contributed by atoms with van der Waals surface area (Å²) in [7, 11) is 0. The van der Waals surface area contributed by atoms with E-state index in [1.165, 1.54) is 30.8 Å². The van der Waals surface area contributed by atoms with Gasteiger partial charge in [-0.3, -0.25) is 0 Å². The van der Waals surface area contributed by atoms with Crippen molar-refractivity contribution in [3.05, 3.63) is 17.5 Å². The highest BCUT2D eigenvalue weighted by Crippen LogP contribution is 2.20. The normalized spacial score (nSPS) is 15.2. The van der Waals surface area contributed by atoms with Gasteiger partial charge in [0.25, 0.3) is 0 Å². The molecule has 0 spiro atoms. The lowest BCUT2D eigenvalue weighted by molar-refractivity contribution is 0.853. The molecule has 0 atom stereocenters. The Morgan fingerprint density at radius 3 is 3.12 bits per heavy atom. The smallest absolute Gasteiger partial charge is 0.202 e. The fourth-order valence-electron chi connectivity index (χ4n) is 1.95. The molecule has 0 fully saturated rings. The first-order valence-corrected chi connectivity index (χ1v) is 6.90. The molecule has 0 amide bonds. The standard InChI is InChI=1S/C12H19N3S/c1-2-5-11-14-12(16-15-11)13-9-8-10-6-3-4-7-10/h6H,2-5,7-9H2,1H3,(H,13,14,15). The number of hydrogen-bond donors (Lipinski definition) is 1. The van der Waals surface area contributed by atoms with Crippen LogP contribution >= 0.6 is 11.5 Å². The second-order valence-electron chi connectivity index (χ2n) is 4.20. The topological polar surface area (TPSA) is 37.8 Å². The minimum atomic E-state index is 0.974. The Hall–Kier alpha value is -0.900. The van der Waals surface area contributed by atoms with Crippen molar-refractivity contribution >= 4 is 16.7 Å². The third kappa shape index (κ3) is 3.30. The minimum Gasteiger partial charge on any atom is -0.360 e. The fraction of sp³-hybridized carbons (Fsp3) is 0.667. The van der Waals surface area contributed by atoms with Crippen LogP contribution in [-0.2, 0) is 6.42 Å².